The number of benzene rings is 1. The number of para-hydroxylation sites is 1. The Kier molecular flexibility index (Phi) is 4.04. The van der Waals surface area contributed by atoms with Crippen LogP contribution >= 0.6 is 11.3 Å². The lowest BCUT2D eigenvalue weighted by Gasteiger charge is -2.18. The molecule has 0 fully saturated rings. The molecule has 0 radical (unpaired) electrons. The van der Waals surface area contributed by atoms with E-state index >= 15 is 0 Å². The summed E-state index contributed by atoms with van der Waals surface area (Å²) in [6, 6.07) is 5.21. The molecule has 1 unspecified atom stereocenters. The standard InChI is InChI=1S/C14H15F3N2S/c1-8(13-9(2)20-10(3)19-13)18-12-7-5-4-6-11(12)14(15,16)17/h4-8,18H,1-3H3. The van der Waals surface area contributed by atoms with Gasteiger partial charge in [0.25, 0.3) is 0 Å². The number of alkyl halides is 3. The van der Waals surface area contributed by atoms with E-state index in [2.05, 4.69) is 10.3 Å². The maximum atomic E-state index is 12.9. The first-order valence-electron chi connectivity index (χ1n) is 6.15. The first-order chi connectivity index (χ1) is 9.29. The summed E-state index contributed by atoms with van der Waals surface area (Å²) in [5, 5.41) is 3.82. The van der Waals surface area contributed by atoms with Gasteiger partial charge in [-0.3, -0.25) is 0 Å². The summed E-state index contributed by atoms with van der Waals surface area (Å²) in [7, 11) is 0. The van der Waals surface area contributed by atoms with Gasteiger partial charge in [0.2, 0.25) is 0 Å². The van der Waals surface area contributed by atoms with E-state index in [1.807, 2.05) is 20.8 Å². The zero-order valence-electron chi connectivity index (χ0n) is 11.4. The molecule has 1 aromatic heterocycles. The van der Waals surface area contributed by atoms with Crippen molar-refractivity contribution < 1.29 is 13.2 Å². The quantitative estimate of drug-likeness (QED) is 0.867. The van der Waals surface area contributed by atoms with E-state index < -0.39 is 11.7 Å². The smallest absolute Gasteiger partial charge is 0.376 e. The van der Waals surface area contributed by atoms with Crippen LogP contribution in [0.15, 0.2) is 24.3 Å². The van der Waals surface area contributed by atoms with Gasteiger partial charge in [0.05, 0.1) is 22.3 Å². The van der Waals surface area contributed by atoms with Gasteiger partial charge in [0.1, 0.15) is 0 Å². The lowest BCUT2D eigenvalue weighted by molar-refractivity contribution is -0.137. The fourth-order valence-corrected chi connectivity index (χ4v) is 3.02. The third kappa shape index (κ3) is 3.12. The minimum atomic E-state index is -4.36. The van der Waals surface area contributed by atoms with Crippen LogP contribution in [-0.2, 0) is 6.18 Å². The Balaban J connectivity index is 2.29. The van der Waals surface area contributed by atoms with Crippen molar-refractivity contribution in [3.05, 3.63) is 45.4 Å². The summed E-state index contributed by atoms with van der Waals surface area (Å²) in [5.41, 5.74) is 0.221. The van der Waals surface area contributed by atoms with Crippen LogP contribution in [0.4, 0.5) is 18.9 Å². The molecule has 1 atom stereocenters. The van der Waals surface area contributed by atoms with E-state index in [0.717, 1.165) is 21.6 Å². The van der Waals surface area contributed by atoms with Crippen molar-refractivity contribution in [2.24, 2.45) is 0 Å². The fourth-order valence-electron chi connectivity index (χ4n) is 2.10. The SMILES string of the molecule is Cc1nc(C(C)Nc2ccccc2C(F)(F)F)c(C)s1. The molecule has 20 heavy (non-hydrogen) atoms. The van der Waals surface area contributed by atoms with Gasteiger partial charge < -0.3 is 5.32 Å². The number of hydrogen-bond donors (Lipinski definition) is 1. The number of aromatic nitrogens is 1. The number of nitrogens with one attached hydrogen (secondary N) is 1. The number of hydrogen-bond acceptors (Lipinski definition) is 3. The summed E-state index contributed by atoms with van der Waals surface area (Å²) >= 11 is 1.54. The maximum absolute atomic E-state index is 12.9. The van der Waals surface area contributed by atoms with Crippen LogP contribution in [0.5, 0.6) is 0 Å². The van der Waals surface area contributed by atoms with Gasteiger partial charge in [-0.15, -0.1) is 11.3 Å². The minimum Gasteiger partial charge on any atom is -0.376 e. The Bertz CT molecular complexity index is 605. The molecule has 6 heteroatoms. The van der Waals surface area contributed by atoms with Crippen molar-refractivity contribution in [2.75, 3.05) is 5.32 Å². The second-order valence-electron chi connectivity index (χ2n) is 4.58. The highest BCUT2D eigenvalue weighted by Crippen LogP contribution is 2.36. The number of thiazole rings is 1. The molecule has 2 rings (SSSR count). The number of aryl methyl sites for hydroxylation is 2. The van der Waals surface area contributed by atoms with Gasteiger partial charge in [-0.25, -0.2) is 4.98 Å². The predicted molar refractivity (Wildman–Crippen MR) is 75.1 cm³/mol. The summed E-state index contributed by atoms with van der Waals surface area (Å²) in [6.45, 7) is 5.63. The van der Waals surface area contributed by atoms with E-state index in [-0.39, 0.29) is 11.7 Å². The highest BCUT2D eigenvalue weighted by Gasteiger charge is 2.33. The van der Waals surface area contributed by atoms with Crippen LogP contribution < -0.4 is 5.32 Å². The molecule has 0 aliphatic carbocycles. The van der Waals surface area contributed by atoms with Gasteiger partial charge >= 0.3 is 6.18 Å². The van der Waals surface area contributed by atoms with Crippen molar-refractivity contribution >= 4 is 17.0 Å². The van der Waals surface area contributed by atoms with Crippen LogP contribution in [-0.4, -0.2) is 4.98 Å². The average Bonchev–Trinajstić information content (AvgIpc) is 2.68. The lowest BCUT2D eigenvalue weighted by atomic mass is 10.1. The van der Waals surface area contributed by atoms with Gasteiger partial charge in [0.15, 0.2) is 0 Å². The summed E-state index contributed by atoms with van der Waals surface area (Å²) < 4.78 is 38.8. The number of halogens is 3. The third-order valence-electron chi connectivity index (χ3n) is 2.95. The summed E-state index contributed by atoms with van der Waals surface area (Å²) in [6.07, 6.45) is -4.36. The molecular weight excluding hydrogens is 285 g/mol. The molecule has 2 nitrogen and oxygen atoms in total. The number of nitrogens with zero attached hydrogens (tertiary/aromatic N) is 1. The Labute approximate surface area is 119 Å². The molecule has 108 valence electrons. The van der Waals surface area contributed by atoms with Crippen molar-refractivity contribution in [3.8, 4) is 0 Å². The van der Waals surface area contributed by atoms with Gasteiger partial charge in [-0.1, -0.05) is 12.1 Å². The van der Waals surface area contributed by atoms with Crippen molar-refractivity contribution in [2.45, 2.75) is 33.0 Å². The van der Waals surface area contributed by atoms with E-state index in [1.54, 1.807) is 17.4 Å². The van der Waals surface area contributed by atoms with Gasteiger partial charge in [-0.05, 0) is 32.9 Å². The predicted octanol–water partition coefficient (Wildman–Crippen LogP) is 4.95. The monoisotopic (exact) mass is 300 g/mol. The number of rotatable bonds is 3. The minimum absolute atomic E-state index is 0.0811. The highest BCUT2D eigenvalue weighted by atomic mass is 32.1. The van der Waals surface area contributed by atoms with Gasteiger partial charge in [-0.2, -0.15) is 13.2 Å². The molecule has 1 heterocycles. The molecule has 2 aromatic rings. The Morgan fingerprint density at radius 1 is 1.20 bits per heavy atom. The van der Waals surface area contributed by atoms with Crippen LogP contribution in [0.2, 0.25) is 0 Å². The first-order valence-corrected chi connectivity index (χ1v) is 6.97. The fraction of sp³-hybridized carbons (Fsp3) is 0.357. The Hall–Kier alpha value is -1.56. The van der Waals surface area contributed by atoms with Crippen molar-refractivity contribution in [3.63, 3.8) is 0 Å². The van der Waals surface area contributed by atoms with Gasteiger partial charge in [0, 0.05) is 10.6 Å². The molecule has 0 amide bonds. The van der Waals surface area contributed by atoms with E-state index in [0.29, 0.717) is 0 Å². The van der Waals surface area contributed by atoms with E-state index in [9.17, 15) is 13.2 Å². The van der Waals surface area contributed by atoms with Crippen molar-refractivity contribution in [1.82, 2.24) is 4.98 Å². The topological polar surface area (TPSA) is 24.9 Å². The Morgan fingerprint density at radius 3 is 2.40 bits per heavy atom. The lowest BCUT2D eigenvalue weighted by Crippen LogP contribution is -2.14. The molecule has 0 bridgehead atoms. The van der Waals surface area contributed by atoms with E-state index in [4.69, 9.17) is 0 Å². The first kappa shape index (κ1) is 14.8. The maximum Gasteiger partial charge on any atom is 0.418 e. The number of anilines is 1. The normalized spacial score (nSPS) is 13.3. The summed E-state index contributed by atoms with van der Waals surface area (Å²) in [4.78, 5) is 5.39. The molecular formula is C14H15F3N2S. The molecule has 0 saturated heterocycles. The van der Waals surface area contributed by atoms with Crippen LogP contribution in [0.3, 0.4) is 0 Å². The highest BCUT2D eigenvalue weighted by molar-refractivity contribution is 7.11. The molecule has 1 N–H and O–H groups in total. The zero-order chi connectivity index (χ0) is 14.9. The molecule has 0 aliphatic rings. The second-order valence-corrected chi connectivity index (χ2v) is 5.99. The van der Waals surface area contributed by atoms with Crippen LogP contribution in [0.1, 0.15) is 34.1 Å². The second kappa shape index (κ2) is 5.44. The molecule has 0 aliphatic heterocycles. The van der Waals surface area contributed by atoms with Crippen LogP contribution in [0, 0.1) is 13.8 Å². The average molecular weight is 300 g/mol. The van der Waals surface area contributed by atoms with E-state index in [1.165, 1.54) is 12.1 Å². The van der Waals surface area contributed by atoms with Crippen molar-refractivity contribution in [1.29, 1.82) is 0 Å². The molecule has 1 aromatic carbocycles. The zero-order valence-corrected chi connectivity index (χ0v) is 12.2. The van der Waals surface area contributed by atoms with Crippen LogP contribution in [0.25, 0.3) is 0 Å². The molecule has 0 spiro atoms. The summed E-state index contributed by atoms with van der Waals surface area (Å²) in [5.74, 6) is 0. The Morgan fingerprint density at radius 2 is 1.85 bits per heavy atom. The molecule has 0 saturated carbocycles. The third-order valence-corrected chi connectivity index (χ3v) is 3.86. The largest absolute Gasteiger partial charge is 0.418 e.